The molecule has 2 amide bonds. The average molecular weight is 366 g/mol. The van der Waals surface area contributed by atoms with E-state index in [9.17, 15) is 9.59 Å². The van der Waals surface area contributed by atoms with Crippen LogP contribution in [-0.2, 0) is 13.2 Å². The maximum absolute atomic E-state index is 12.5. The van der Waals surface area contributed by atoms with Crippen molar-refractivity contribution < 1.29 is 14.3 Å². The zero-order valence-electron chi connectivity index (χ0n) is 14.6. The molecule has 2 aromatic carbocycles. The molecule has 0 bridgehead atoms. The normalized spacial score (nSPS) is 10.4. The predicted molar refractivity (Wildman–Crippen MR) is 97.2 cm³/mol. The molecule has 0 aliphatic rings. The summed E-state index contributed by atoms with van der Waals surface area (Å²) in [5.41, 5.74) is 6.46. The van der Waals surface area contributed by atoms with Crippen molar-refractivity contribution in [2.45, 2.75) is 20.1 Å². The van der Waals surface area contributed by atoms with Gasteiger partial charge in [-0.2, -0.15) is 0 Å². The number of hydrogen-bond acceptors (Lipinski definition) is 6. The van der Waals surface area contributed by atoms with Crippen LogP contribution >= 0.6 is 0 Å². The van der Waals surface area contributed by atoms with Crippen LogP contribution in [0.4, 0.5) is 5.69 Å². The summed E-state index contributed by atoms with van der Waals surface area (Å²) in [4.78, 5) is 23.7. The van der Waals surface area contributed by atoms with Crippen LogP contribution in [0, 0.1) is 0 Å². The molecule has 1 heterocycles. The monoisotopic (exact) mass is 366 g/mol. The molecule has 9 heteroatoms. The van der Waals surface area contributed by atoms with Gasteiger partial charge >= 0.3 is 0 Å². The molecular formula is C18H18N6O3. The number of rotatable bonds is 7. The minimum absolute atomic E-state index is 0.187. The number of nitrogens with two attached hydrogens (primary N) is 1. The van der Waals surface area contributed by atoms with Crippen molar-refractivity contribution in [3.05, 3.63) is 65.5 Å². The van der Waals surface area contributed by atoms with Gasteiger partial charge in [0.25, 0.3) is 5.91 Å². The number of carbonyl (C=O) groups is 2. The molecule has 0 atom stereocenters. The number of anilines is 1. The molecule has 0 saturated heterocycles. The van der Waals surface area contributed by atoms with Crippen molar-refractivity contribution in [1.29, 1.82) is 0 Å². The minimum Gasteiger partial charge on any atom is -0.486 e. The number of nitrogens with zero attached hydrogens (tertiary/aromatic N) is 4. The molecule has 0 aliphatic carbocycles. The van der Waals surface area contributed by atoms with E-state index in [0.717, 1.165) is 0 Å². The van der Waals surface area contributed by atoms with Crippen LogP contribution in [0.5, 0.6) is 5.75 Å². The fourth-order valence-corrected chi connectivity index (χ4v) is 2.40. The van der Waals surface area contributed by atoms with E-state index in [0.29, 0.717) is 34.9 Å². The number of nitrogens with one attached hydrogen (secondary N) is 1. The SMILES string of the molecule is CCn1nnnc1COc1cccc(C(=O)Nc2cccc(C(N)=O)c2)c1. The van der Waals surface area contributed by atoms with Crippen molar-refractivity contribution in [1.82, 2.24) is 20.2 Å². The van der Waals surface area contributed by atoms with Crippen LogP contribution < -0.4 is 15.8 Å². The first kappa shape index (κ1) is 18.1. The number of benzene rings is 2. The van der Waals surface area contributed by atoms with Crippen molar-refractivity contribution in [2.75, 3.05) is 5.32 Å². The third-order valence-electron chi connectivity index (χ3n) is 3.77. The van der Waals surface area contributed by atoms with E-state index in [1.165, 1.54) is 6.07 Å². The van der Waals surface area contributed by atoms with Crippen molar-refractivity contribution >= 4 is 17.5 Å². The van der Waals surface area contributed by atoms with Crippen molar-refractivity contribution in [2.24, 2.45) is 5.73 Å². The molecule has 0 aliphatic heterocycles. The Hall–Kier alpha value is -3.75. The van der Waals surface area contributed by atoms with Gasteiger partial charge in [-0.25, -0.2) is 4.68 Å². The second-order valence-electron chi connectivity index (χ2n) is 5.63. The zero-order valence-corrected chi connectivity index (χ0v) is 14.6. The molecule has 27 heavy (non-hydrogen) atoms. The summed E-state index contributed by atoms with van der Waals surface area (Å²) in [6.45, 7) is 2.75. The highest BCUT2D eigenvalue weighted by Gasteiger charge is 2.10. The van der Waals surface area contributed by atoms with Crippen LogP contribution in [0.2, 0.25) is 0 Å². The number of hydrogen-bond donors (Lipinski definition) is 2. The van der Waals surface area contributed by atoms with E-state index >= 15 is 0 Å². The second kappa shape index (κ2) is 8.09. The first-order valence-electron chi connectivity index (χ1n) is 8.26. The fraction of sp³-hybridized carbons (Fsp3) is 0.167. The number of primary amides is 1. The van der Waals surface area contributed by atoms with Gasteiger partial charge in [0.2, 0.25) is 5.91 Å². The molecule has 3 N–H and O–H groups in total. The van der Waals surface area contributed by atoms with E-state index in [-0.39, 0.29) is 12.5 Å². The molecule has 3 rings (SSSR count). The number of aromatic nitrogens is 4. The molecule has 0 spiro atoms. The van der Waals surface area contributed by atoms with Crippen LogP contribution in [0.1, 0.15) is 33.5 Å². The quantitative estimate of drug-likeness (QED) is 0.654. The number of ether oxygens (including phenoxy) is 1. The van der Waals surface area contributed by atoms with Gasteiger partial charge in [-0.15, -0.1) is 5.10 Å². The Morgan fingerprint density at radius 2 is 1.93 bits per heavy atom. The summed E-state index contributed by atoms with van der Waals surface area (Å²) >= 11 is 0. The number of amides is 2. The predicted octanol–water partition coefficient (Wildman–Crippen LogP) is 1.62. The number of tetrazole rings is 1. The lowest BCUT2D eigenvalue weighted by molar-refractivity contribution is 0.0996. The smallest absolute Gasteiger partial charge is 0.255 e. The topological polar surface area (TPSA) is 125 Å². The third kappa shape index (κ3) is 4.46. The van der Waals surface area contributed by atoms with Gasteiger partial charge in [0.1, 0.15) is 12.4 Å². The summed E-state index contributed by atoms with van der Waals surface area (Å²) < 4.78 is 7.31. The van der Waals surface area contributed by atoms with E-state index in [2.05, 4.69) is 20.8 Å². The summed E-state index contributed by atoms with van der Waals surface area (Å²) in [6.07, 6.45) is 0. The maximum Gasteiger partial charge on any atom is 0.255 e. The van der Waals surface area contributed by atoms with Gasteiger partial charge in [0, 0.05) is 23.4 Å². The number of carbonyl (C=O) groups excluding carboxylic acids is 2. The Morgan fingerprint density at radius 3 is 2.70 bits per heavy atom. The molecule has 1 aromatic heterocycles. The summed E-state index contributed by atoms with van der Waals surface area (Å²) in [7, 11) is 0. The Morgan fingerprint density at radius 1 is 1.15 bits per heavy atom. The van der Waals surface area contributed by atoms with Crippen LogP contribution in [0.25, 0.3) is 0 Å². The van der Waals surface area contributed by atoms with E-state index < -0.39 is 5.91 Å². The largest absolute Gasteiger partial charge is 0.486 e. The molecule has 9 nitrogen and oxygen atoms in total. The molecule has 0 radical (unpaired) electrons. The molecule has 0 saturated carbocycles. The third-order valence-corrected chi connectivity index (χ3v) is 3.77. The van der Waals surface area contributed by atoms with E-state index in [1.54, 1.807) is 47.1 Å². The number of aryl methyl sites for hydroxylation is 1. The summed E-state index contributed by atoms with van der Waals surface area (Å²) in [5.74, 6) is 0.214. The Bertz CT molecular complexity index is 969. The van der Waals surface area contributed by atoms with Gasteiger partial charge in [0.15, 0.2) is 5.82 Å². The highest BCUT2D eigenvalue weighted by molar-refractivity contribution is 6.05. The molecule has 3 aromatic rings. The van der Waals surface area contributed by atoms with Crippen molar-refractivity contribution in [3.8, 4) is 5.75 Å². The van der Waals surface area contributed by atoms with E-state index in [1.807, 2.05) is 6.92 Å². The average Bonchev–Trinajstić information content (AvgIpc) is 3.14. The molecular weight excluding hydrogens is 348 g/mol. The first-order chi connectivity index (χ1) is 13.1. The van der Waals surface area contributed by atoms with Crippen LogP contribution in [0.15, 0.2) is 48.5 Å². The summed E-state index contributed by atoms with van der Waals surface area (Å²) in [6, 6.07) is 13.2. The van der Waals surface area contributed by atoms with Gasteiger partial charge in [0.05, 0.1) is 0 Å². The summed E-state index contributed by atoms with van der Waals surface area (Å²) in [5, 5.41) is 14.1. The second-order valence-corrected chi connectivity index (χ2v) is 5.63. The van der Waals surface area contributed by atoms with Gasteiger partial charge < -0.3 is 15.8 Å². The van der Waals surface area contributed by atoms with Gasteiger partial charge in [-0.1, -0.05) is 12.1 Å². The lowest BCUT2D eigenvalue weighted by atomic mass is 10.1. The van der Waals surface area contributed by atoms with Gasteiger partial charge in [-0.3, -0.25) is 9.59 Å². The first-order valence-corrected chi connectivity index (χ1v) is 8.26. The lowest BCUT2D eigenvalue weighted by Gasteiger charge is -2.09. The van der Waals surface area contributed by atoms with Crippen molar-refractivity contribution in [3.63, 3.8) is 0 Å². The lowest BCUT2D eigenvalue weighted by Crippen LogP contribution is -2.14. The zero-order chi connectivity index (χ0) is 19.2. The molecule has 0 fully saturated rings. The highest BCUT2D eigenvalue weighted by Crippen LogP contribution is 2.17. The Balaban J connectivity index is 1.68. The highest BCUT2D eigenvalue weighted by atomic mass is 16.5. The van der Waals surface area contributed by atoms with E-state index in [4.69, 9.17) is 10.5 Å². The Labute approximate surface area is 155 Å². The molecule has 0 unspecified atom stereocenters. The van der Waals surface area contributed by atoms with Crippen LogP contribution in [-0.4, -0.2) is 32.0 Å². The standard InChI is InChI=1S/C18H18N6O3/c1-2-24-16(21-22-23-24)11-27-15-8-4-6-13(10-15)18(26)20-14-7-3-5-12(9-14)17(19)25/h3-10H,2,11H2,1H3,(H2,19,25)(H,20,26). The Kier molecular flexibility index (Phi) is 5.41. The van der Waals surface area contributed by atoms with Gasteiger partial charge in [-0.05, 0) is 53.7 Å². The minimum atomic E-state index is -0.559. The maximum atomic E-state index is 12.5. The van der Waals surface area contributed by atoms with Crippen LogP contribution in [0.3, 0.4) is 0 Å². The fourth-order valence-electron chi connectivity index (χ4n) is 2.40. The molecule has 138 valence electrons.